The van der Waals surface area contributed by atoms with Gasteiger partial charge >= 0.3 is 0 Å². The minimum Gasteiger partial charge on any atom is -0.241 e. The lowest BCUT2D eigenvalue weighted by atomic mass is 10.1. The molecule has 1 atom stereocenters. The van der Waals surface area contributed by atoms with Crippen molar-refractivity contribution in [1.82, 2.24) is 4.98 Å². The smallest absolute Gasteiger partial charge is 0.0949 e. The van der Waals surface area contributed by atoms with Crippen molar-refractivity contribution in [3.63, 3.8) is 0 Å². The maximum Gasteiger partial charge on any atom is 0.0949 e. The molecule has 0 saturated carbocycles. The highest BCUT2D eigenvalue weighted by Crippen LogP contribution is 2.25. The van der Waals surface area contributed by atoms with Crippen LogP contribution in [0.3, 0.4) is 0 Å². The third kappa shape index (κ3) is 5.17. The van der Waals surface area contributed by atoms with Crippen LogP contribution < -0.4 is 0 Å². The fourth-order valence-corrected chi connectivity index (χ4v) is 4.34. The van der Waals surface area contributed by atoms with Crippen LogP contribution in [0.5, 0.6) is 0 Å². The van der Waals surface area contributed by atoms with Crippen LogP contribution >= 0.6 is 27.3 Å². The van der Waals surface area contributed by atoms with E-state index in [2.05, 4.69) is 47.1 Å². The van der Waals surface area contributed by atoms with E-state index >= 15 is 0 Å². The second kappa shape index (κ2) is 8.78. The lowest BCUT2D eigenvalue weighted by molar-refractivity contribution is 0.582. The standard InChI is InChI=1S/C17H24BrNS/c1-2-3-4-5-6-7-10-14(18)13-17-19-15-11-8-9-12-16(15)20-17/h8-9,11-12,14H,2-7,10,13H2,1H3. The fourth-order valence-electron chi connectivity index (χ4n) is 2.44. The highest BCUT2D eigenvalue weighted by Gasteiger charge is 2.09. The van der Waals surface area contributed by atoms with Gasteiger partial charge in [0.15, 0.2) is 0 Å². The van der Waals surface area contributed by atoms with Gasteiger partial charge in [-0.15, -0.1) is 11.3 Å². The molecule has 2 rings (SSSR count). The average molecular weight is 354 g/mol. The number of alkyl halides is 1. The zero-order valence-corrected chi connectivity index (χ0v) is 14.7. The molecule has 0 aliphatic carbocycles. The van der Waals surface area contributed by atoms with Gasteiger partial charge in [0.25, 0.3) is 0 Å². The van der Waals surface area contributed by atoms with Crippen LogP contribution in [-0.2, 0) is 6.42 Å². The third-order valence-corrected chi connectivity index (χ3v) is 5.45. The molecule has 1 aromatic heterocycles. The van der Waals surface area contributed by atoms with Crippen molar-refractivity contribution in [1.29, 1.82) is 0 Å². The Morgan fingerprint density at radius 1 is 1.10 bits per heavy atom. The van der Waals surface area contributed by atoms with Crippen LogP contribution in [-0.4, -0.2) is 9.81 Å². The molecule has 1 unspecified atom stereocenters. The van der Waals surface area contributed by atoms with Crippen LogP contribution in [0.1, 0.15) is 56.9 Å². The van der Waals surface area contributed by atoms with Gasteiger partial charge in [-0.05, 0) is 18.6 Å². The zero-order valence-electron chi connectivity index (χ0n) is 12.3. The number of thiazole rings is 1. The van der Waals surface area contributed by atoms with Gasteiger partial charge in [0.2, 0.25) is 0 Å². The van der Waals surface area contributed by atoms with Crippen molar-refractivity contribution in [2.24, 2.45) is 0 Å². The molecule has 1 aromatic carbocycles. The SMILES string of the molecule is CCCCCCCCC(Br)Cc1nc2ccccc2s1. The summed E-state index contributed by atoms with van der Waals surface area (Å²) in [6.45, 7) is 2.27. The van der Waals surface area contributed by atoms with Crippen LogP contribution in [0.2, 0.25) is 0 Å². The number of para-hydroxylation sites is 1. The summed E-state index contributed by atoms with van der Waals surface area (Å²) in [5.74, 6) is 0. The number of hydrogen-bond acceptors (Lipinski definition) is 2. The first-order valence-corrected chi connectivity index (χ1v) is 9.51. The molecule has 20 heavy (non-hydrogen) atoms. The number of benzene rings is 1. The van der Waals surface area contributed by atoms with E-state index in [4.69, 9.17) is 4.98 Å². The Labute approximate surface area is 134 Å². The topological polar surface area (TPSA) is 12.9 Å². The van der Waals surface area contributed by atoms with Crippen molar-refractivity contribution in [3.8, 4) is 0 Å². The van der Waals surface area contributed by atoms with Crippen molar-refractivity contribution in [3.05, 3.63) is 29.3 Å². The number of hydrogen-bond donors (Lipinski definition) is 0. The van der Waals surface area contributed by atoms with Gasteiger partial charge in [-0.25, -0.2) is 4.98 Å². The summed E-state index contributed by atoms with van der Waals surface area (Å²) >= 11 is 5.66. The molecule has 0 amide bonds. The molecule has 2 aromatic rings. The molecule has 110 valence electrons. The first-order valence-electron chi connectivity index (χ1n) is 7.78. The molecule has 0 radical (unpaired) electrons. The summed E-state index contributed by atoms with van der Waals surface area (Å²) in [5.41, 5.74) is 1.15. The molecular weight excluding hydrogens is 330 g/mol. The molecule has 0 N–H and O–H groups in total. The lowest BCUT2D eigenvalue weighted by Crippen LogP contribution is -2.02. The van der Waals surface area contributed by atoms with Crippen molar-refractivity contribution >= 4 is 37.5 Å². The minimum atomic E-state index is 0.578. The summed E-state index contributed by atoms with van der Waals surface area (Å²) in [6.07, 6.45) is 10.6. The van der Waals surface area contributed by atoms with Gasteiger partial charge in [0.05, 0.1) is 15.2 Å². The maximum atomic E-state index is 4.71. The molecule has 3 heteroatoms. The van der Waals surface area contributed by atoms with Gasteiger partial charge in [0.1, 0.15) is 0 Å². The number of rotatable bonds is 9. The van der Waals surface area contributed by atoms with E-state index < -0.39 is 0 Å². The monoisotopic (exact) mass is 353 g/mol. The normalized spacial score (nSPS) is 12.9. The predicted molar refractivity (Wildman–Crippen MR) is 94.0 cm³/mol. The number of aromatic nitrogens is 1. The number of halogens is 1. The molecule has 0 aliphatic heterocycles. The second-order valence-electron chi connectivity index (χ2n) is 5.43. The van der Waals surface area contributed by atoms with Crippen molar-refractivity contribution in [2.45, 2.75) is 63.1 Å². The van der Waals surface area contributed by atoms with E-state index in [-0.39, 0.29) is 0 Å². The van der Waals surface area contributed by atoms with Crippen molar-refractivity contribution < 1.29 is 0 Å². The van der Waals surface area contributed by atoms with E-state index in [1.165, 1.54) is 54.7 Å². The quantitative estimate of drug-likeness (QED) is 0.377. The largest absolute Gasteiger partial charge is 0.241 e. The minimum absolute atomic E-state index is 0.578. The van der Waals surface area contributed by atoms with Gasteiger partial charge in [-0.3, -0.25) is 0 Å². The molecule has 0 fully saturated rings. The van der Waals surface area contributed by atoms with Crippen LogP contribution in [0.15, 0.2) is 24.3 Å². The Bertz CT molecular complexity index is 475. The van der Waals surface area contributed by atoms with Crippen LogP contribution in [0.4, 0.5) is 0 Å². The van der Waals surface area contributed by atoms with Crippen molar-refractivity contribution in [2.75, 3.05) is 0 Å². The Hall–Kier alpha value is -0.410. The first-order chi connectivity index (χ1) is 9.79. The fraction of sp³-hybridized carbons (Fsp3) is 0.588. The van der Waals surface area contributed by atoms with E-state index in [0.29, 0.717) is 4.83 Å². The van der Waals surface area contributed by atoms with Gasteiger partial charge in [-0.2, -0.15) is 0 Å². The highest BCUT2D eigenvalue weighted by atomic mass is 79.9. The summed E-state index contributed by atoms with van der Waals surface area (Å²) in [6, 6.07) is 8.42. The second-order valence-corrected chi connectivity index (χ2v) is 7.84. The molecule has 1 heterocycles. The van der Waals surface area contributed by atoms with Gasteiger partial charge < -0.3 is 0 Å². The number of unbranched alkanes of at least 4 members (excludes halogenated alkanes) is 5. The zero-order chi connectivity index (χ0) is 14.2. The predicted octanol–water partition coefficient (Wildman–Crippen LogP) is 6.35. The Morgan fingerprint density at radius 2 is 1.85 bits per heavy atom. The lowest BCUT2D eigenvalue weighted by Gasteiger charge is -2.07. The van der Waals surface area contributed by atoms with E-state index in [0.717, 1.165) is 11.9 Å². The molecule has 0 aliphatic rings. The summed E-state index contributed by atoms with van der Waals surface area (Å²) in [7, 11) is 0. The van der Waals surface area contributed by atoms with Crippen LogP contribution in [0, 0.1) is 0 Å². The Kier molecular flexibility index (Phi) is 7.01. The average Bonchev–Trinajstić information content (AvgIpc) is 2.84. The molecule has 0 bridgehead atoms. The van der Waals surface area contributed by atoms with E-state index in [1.54, 1.807) is 0 Å². The highest BCUT2D eigenvalue weighted by molar-refractivity contribution is 9.09. The van der Waals surface area contributed by atoms with E-state index in [9.17, 15) is 0 Å². The molecule has 0 saturated heterocycles. The molecular formula is C17H24BrNS. The first kappa shape index (κ1) is 16.0. The summed E-state index contributed by atoms with van der Waals surface area (Å²) in [4.78, 5) is 5.29. The Morgan fingerprint density at radius 3 is 2.65 bits per heavy atom. The Balaban J connectivity index is 1.70. The number of nitrogens with zero attached hydrogens (tertiary/aromatic N) is 1. The summed E-state index contributed by atoms with van der Waals surface area (Å²) < 4.78 is 1.31. The number of fused-ring (bicyclic) bond motifs is 1. The maximum absolute atomic E-state index is 4.71. The van der Waals surface area contributed by atoms with Gasteiger partial charge in [0, 0.05) is 11.2 Å². The van der Waals surface area contributed by atoms with E-state index in [1.807, 2.05) is 11.3 Å². The molecule has 0 spiro atoms. The van der Waals surface area contributed by atoms with Gasteiger partial charge in [-0.1, -0.05) is 73.5 Å². The van der Waals surface area contributed by atoms with Crippen LogP contribution in [0.25, 0.3) is 10.2 Å². The summed E-state index contributed by atoms with van der Waals surface area (Å²) in [5, 5.41) is 1.26. The molecule has 1 nitrogen and oxygen atoms in total. The third-order valence-electron chi connectivity index (χ3n) is 3.61.